The molecule has 1 aromatic carbocycles. The number of aryl methyl sites for hydroxylation is 4. The molecule has 0 fully saturated rings. The molecule has 18 heavy (non-hydrogen) atoms. The van der Waals surface area contributed by atoms with Gasteiger partial charge in [0.05, 0.1) is 21.6 Å². The van der Waals surface area contributed by atoms with Crippen molar-refractivity contribution in [1.82, 2.24) is 10.4 Å². The maximum absolute atomic E-state index is 5.74. The van der Waals surface area contributed by atoms with Crippen LogP contribution < -0.4 is 11.3 Å². The van der Waals surface area contributed by atoms with E-state index in [1.165, 1.54) is 21.6 Å². The lowest BCUT2D eigenvalue weighted by atomic mass is 10.00. The highest BCUT2D eigenvalue weighted by Gasteiger charge is 2.18. The first-order chi connectivity index (χ1) is 8.51. The predicted octanol–water partition coefficient (Wildman–Crippen LogP) is 2.93. The molecule has 4 heteroatoms. The molecule has 0 bridgehead atoms. The molecule has 1 atom stereocenters. The topological polar surface area (TPSA) is 50.9 Å². The van der Waals surface area contributed by atoms with Gasteiger partial charge in [-0.2, -0.15) is 0 Å². The molecule has 0 radical (unpaired) electrons. The predicted molar refractivity (Wildman–Crippen MR) is 76.7 cm³/mol. The second-order valence-electron chi connectivity index (χ2n) is 4.70. The summed E-state index contributed by atoms with van der Waals surface area (Å²) in [6, 6.07) is 6.54. The summed E-state index contributed by atoms with van der Waals surface area (Å²) in [6.45, 7) is 8.27. The average Bonchev–Trinajstić information content (AvgIpc) is 2.58. The molecule has 0 amide bonds. The Labute approximate surface area is 112 Å². The van der Waals surface area contributed by atoms with E-state index in [2.05, 4.69) is 42.5 Å². The van der Waals surface area contributed by atoms with Crippen molar-refractivity contribution in [2.75, 3.05) is 0 Å². The van der Waals surface area contributed by atoms with Crippen LogP contribution in [-0.4, -0.2) is 4.98 Å². The van der Waals surface area contributed by atoms with Crippen LogP contribution in [0.3, 0.4) is 0 Å². The summed E-state index contributed by atoms with van der Waals surface area (Å²) in [7, 11) is 0. The van der Waals surface area contributed by atoms with Crippen LogP contribution in [0.2, 0.25) is 0 Å². The molecule has 3 nitrogen and oxygen atoms in total. The second kappa shape index (κ2) is 5.18. The Kier molecular flexibility index (Phi) is 3.80. The largest absolute Gasteiger partial charge is 0.271 e. The smallest absolute Gasteiger partial charge is 0.0900 e. The quantitative estimate of drug-likeness (QED) is 0.660. The van der Waals surface area contributed by atoms with Gasteiger partial charge in [-0.15, -0.1) is 11.3 Å². The minimum Gasteiger partial charge on any atom is -0.271 e. The summed E-state index contributed by atoms with van der Waals surface area (Å²) in [5.41, 5.74) is 7.67. The SMILES string of the molecule is Cc1cc(C)cc(C(NN)c2sc(C)nc2C)c1. The number of nitrogens with zero attached hydrogens (tertiary/aromatic N) is 1. The van der Waals surface area contributed by atoms with Gasteiger partial charge in [0.1, 0.15) is 0 Å². The van der Waals surface area contributed by atoms with Gasteiger partial charge in [-0.25, -0.2) is 10.4 Å². The molecule has 0 saturated carbocycles. The van der Waals surface area contributed by atoms with E-state index in [9.17, 15) is 0 Å². The lowest BCUT2D eigenvalue weighted by Crippen LogP contribution is -2.28. The van der Waals surface area contributed by atoms with E-state index in [-0.39, 0.29) is 6.04 Å². The molecule has 2 aromatic rings. The molecule has 0 aliphatic rings. The van der Waals surface area contributed by atoms with E-state index < -0.39 is 0 Å². The van der Waals surface area contributed by atoms with E-state index >= 15 is 0 Å². The number of nitrogens with one attached hydrogen (secondary N) is 1. The van der Waals surface area contributed by atoms with Gasteiger partial charge < -0.3 is 0 Å². The normalized spacial score (nSPS) is 12.7. The lowest BCUT2D eigenvalue weighted by molar-refractivity contribution is 0.641. The summed E-state index contributed by atoms with van der Waals surface area (Å²) in [6.07, 6.45) is 0. The highest BCUT2D eigenvalue weighted by Crippen LogP contribution is 2.30. The van der Waals surface area contributed by atoms with E-state index in [1.54, 1.807) is 11.3 Å². The van der Waals surface area contributed by atoms with Gasteiger partial charge in [-0.3, -0.25) is 5.84 Å². The molecule has 3 N–H and O–H groups in total. The first-order valence-corrected chi connectivity index (χ1v) is 6.81. The number of hydrazine groups is 1. The fourth-order valence-corrected chi connectivity index (χ4v) is 3.33. The van der Waals surface area contributed by atoms with Gasteiger partial charge in [0.2, 0.25) is 0 Å². The summed E-state index contributed by atoms with van der Waals surface area (Å²) < 4.78 is 0. The maximum Gasteiger partial charge on any atom is 0.0900 e. The highest BCUT2D eigenvalue weighted by molar-refractivity contribution is 7.11. The van der Waals surface area contributed by atoms with Crippen LogP contribution in [0.15, 0.2) is 18.2 Å². The molecular formula is C14H19N3S. The molecule has 96 valence electrons. The monoisotopic (exact) mass is 261 g/mol. The Balaban J connectivity index is 2.48. The third kappa shape index (κ3) is 2.61. The Morgan fingerprint density at radius 2 is 1.72 bits per heavy atom. The third-order valence-corrected chi connectivity index (χ3v) is 4.08. The zero-order chi connectivity index (χ0) is 13.3. The molecule has 1 aromatic heterocycles. The molecule has 1 unspecified atom stereocenters. The highest BCUT2D eigenvalue weighted by atomic mass is 32.1. The Morgan fingerprint density at radius 1 is 1.11 bits per heavy atom. The molecule has 0 saturated heterocycles. The fraction of sp³-hybridized carbons (Fsp3) is 0.357. The van der Waals surface area contributed by atoms with Crippen LogP contribution in [0.5, 0.6) is 0 Å². The fourth-order valence-electron chi connectivity index (χ4n) is 2.31. The van der Waals surface area contributed by atoms with Crippen LogP contribution in [0, 0.1) is 27.7 Å². The van der Waals surface area contributed by atoms with E-state index in [0.29, 0.717) is 0 Å². The zero-order valence-corrected chi connectivity index (χ0v) is 12.1. The first kappa shape index (κ1) is 13.2. The minimum absolute atomic E-state index is 0.0230. The molecule has 2 rings (SSSR count). The number of hydrogen-bond donors (Lipinski definition) is 2. The van der Waals surface area contributed by atoms with Crippen molar-refractivity contribution >= 4 is 11.3 Å². The van der Waals surface area contributed by atoms with Gasteiger partial charge in [0.25, 0.3) is 0 Å². The summed E-state index contributed by atoms with van der Waals surface area (Å²) in [5.74, 6) is 5.74. The van der Waals surface area contributed by atoms with Crippen molar-refractivity contribution in [3.05, 3.63) is 50.5 Å². The van der Waals surface area contributed by atoms with Gasteiger partial charge >= 0.3 is 0 Å². The number of nitrogens with two attached hydrogens (primary N) is 1. The first-order valence-electron chi connectivity index (χ1n) is 5.99. The van der Waals surface area contributed by atoms with Gasteiger partial charge in [0.15, 0.2) is 0 Å². The maximum atomic E-state index is 5.74. The van der Waals surface area contributed by atoms with Crippen molar-refractivity contribution in [3.63, 3.8) is 0 Å². The average molecular weight is 261 g/mol. The number of benzene rings is 1. The third-order valence-electron chi connectivity index (χ3n) is 2.95. The van der Waals surface area contributed by atoms with E-state index in [4.69, 9.17) is 5.84 Å². The second-order valence-corrected chi connectivity index (χ2v) is 5.94. The Morgan fingerprint density at radius 3 is 2.17 bits per heavy atom. The molecule has 1 heterocycles. The summed E-state index contributed by atoms with van der Waals surface area (Å²) in [5, 5.41) is 1.08. The number of hydrogen-bond acceptors (Lipinski definition) is 4. The van der Waals surface area contributed by atoms with Crippen LogP contribution in [0.25, 0.3) is 0 Å². The Hall–Kier alpha value is -1.23. The van der Waals surface area contributed by atoms with E-state index in [0.717, 1.165) is 10.7 Å². The van der Waals surface area contributed by atoms with E-state index in [1.807, 2.05) is 13.8 Å². The van der Waals surface area contributed by atoms with Crippen LogP contribution >= 0.6 is 11.3 Å². The van der Waals surface area contributed by atoms with Crippen molar-refractivity contribution in [1.29, 1.82) is 0 Å². The molecular weight excluding hydrogens is 242 g/mol. The minimum atomic E-state index is 0.0230. The van der Waals surface area contributed by atoms with Gasteiger partial charge in [-0.05, 0) is 33.3 Å². The molecule has 0 aliphatic heterocycles. The Bertz CT molecular complexity index is 540. The van der Waals surface area contributed by atoms with Crippen LogP contribution in [-0.2, 0) is 0 Å². The van der Waals surface area contributed by atoms with Crippen molar-refractivity contribution in [2.45, 2.75) is 33.7 Å². The number of rotatable bonds is 3. The van der Waals surface area contributed by atoms with Crippen molar-refractivity contribution < 1.29 is 0 Å². The molecule has 0 aliphatic carbocycles. The number of thiazole rings is 1. The van der Waals surface area contributed by atoms with Gasteiger partial charge in [0, 0.05) is 0 Å². The summed E-state index contributed by atoms with van der Waals surface area (Å²) >= 11 is 1.70. The summed E-state index contributed by atoms with van der Waals surface area (Å²) in [4.78, 5) is 5.67. The lowest BCUT2D eigenvalue weighted by Gasteiger charge is -2.16. The van der Waals surface area contributed by atoms with Crippen molar-refractivity contribution in [2.24, 2.45) is 5.84 Å². The van der Waals surface area contributed by atoms with Crippen LogP contribution in [0.1, 0.15) is 38.3 Å². The molecule has 0 spiro atoms. The standard InChI is InChI=1S/C14H19N3S/c1-8-5-9(2)7-12(6-8)13(17-15)14-10(3)16-11(4)18-14/h5-7,13,17H,15H2,1-4H3. The van der Waals surface area contributed by atoms with Crippen molar-refractivity contribution in [3.8, 4) is 0 Å². The van der Waals surface area contributed by atoms with Crippen LogP contribution in [0.4, 0.5) is 0 Å². The van der Waals surface area contributed by atoms with Gasteiger partial charge in [-0.1, -0.05) is 29.3 Å². The number of aromatic nitrogens is 1. The zero-order valence-electron chi connectivity index (χ0n) is 11.2.